The van der Waals surface area contributed by atoms with E-state index in [1.165, 1.54) is 7.11 Å². The average Bonchev–Trinajstić information content (AvgIpc) is 2.61. The molecule has 1 heterocycles. The van der Waals surface area contributed by atoms with Crippen LogP contribution in [0.5, 0.6) is 0 Å². The Labute approximate surface area is 160 Å². The van der Waals surface area contributed by atoms with Crippen LogP contribution in [0.25, 0.3) is 0 Å². The Kier molecular flexibility index (Phi) is 4.32. The first-order valence-corrected chi connectivity index (χ1v) is 10.1. The molecular formula is C21H32O6. The Balaban J connectivity index is 1.91. The summed E-state index contributed by atoms with van der Waals surface area (Å²) >= 11 is 0. The fourth-order valence-corrected chi connectivity index (χ4v) is 7.37. The summed E-state index contributed by atoms with van der Waals surface area (Å²) in [7, 11) is 1.50. The Bertz CT molecular complexity index is 676. The molecule has 0 radical (unpaired) electrons. The lowest BCUT2D eigenvalue weighted by Gasteiger charge is -2.69. The van der Waals surface area contributed by atoms with Gasteiger partial charge in [0.2, 0.25) is 5.78 Å². The van der Waals surface area contributed by atoms with Crippen LogP contribution in [0.4, 0.5) is 0 Å². The van der Waals surface area contributed by atoms with Crippen molar-refractivity contribution >= 4 is 5.78 Å². The van der Waals surface area contributed by atoms with Gasteiger partial charge in [0.15, 0.2) is 12.0 Å². The predicted octanol–water partition coefficient (Wildman–Crippen LogP) is 1.48. The van der Waals surface area contributed by atoms with Crippen LogP contribution in [0, 0.1) is 40.4 Å². The molecule has 27 heavy (non-hydrogen) atoms. The Hall–Kier alpha value is -0.950. The number of carbonyl (C=O) groups excluding carboxylic acids is 1. The molecule has 0 amide bonds. The van der Waals surface area contributed by atoms with Gasteiger partial charge >= 0.3 is 0 Å². The number of allylic oxidation sites excluding steroid dienone is 2. The summed E-state index contributed by atoms with van der Waals surface area (Å²) in [6.45, 7) is 7.99. The molecule has 3 N–H and O–H groups in total. The van der Waals surface area contributed by atoms with Gasteiger partial charge in [-0.15, -0.1) is 0 Å². The number of aliphatic hydroxyl groups excluding tert-OH is 3. The summed E-state index contributed by atoms with van der Waals surface area (Å²) in [6, 6.07) is 0. The van der Waals surface area contributed by atoms with Gasteiger partial charge in [-0.25, -0.2) is 0 Å². The second-order valence-corrected chi connectivity index (χ2v) is 9.65. The van der Waals surface area contributed by atoms with Crippen LogP contribution in [-0.4, -0.2) is 52.8 Å². The van der Waals surface area contributed by atoms with Crippen LogP contribution >= 0.6 is 0 Å². The molecule has 0 unspecified atom stereocenters. The Morgan fingerprint density at radius 3 is 2.41 bits per heavy atom. The van der Waals surface area contributed by atoms with E-state index in [0.717, 1.165) is 0 Å². The van der Waals surface area contributed by atoms with Gasteiger partial charge in [0.25, 0.3) is 0 Å². The van der Waals surface area contributed by atoms with E-state index in [2.05, 4.69) is 13.8 Å². The maximum atomic E-state index is 13.5. The maximum Gasteiger partial charge on any atom is 0.203 e. The predicted molar refractivity (Wildman–Crippen MR) is 97.2 cm³/mol. The van der Waals surface area contributed by atoms with Crippen LogP contribution < -0.4 is 0 Å². The summed E-state index contributed by atoms with van der Waals surface area (Å²) in [5.74, 6) is -0.416. The first-order chi connectivity index (χ1) is 12.6. The van der Waals surface area contributed by atoms with E-state index in [0.29, 0.717) is 18.6 Å². The van der Waals surface area contributed by atoms with Crippen LogP contribution in [0.2, 0.25) is 0 Å². The lowest BCUT2D eigenvalue weighted by molar-refractivity contribution is -0.325. The summed E-state index contributed by atoms with van der Waals surface area (Å²) in [4.78, 5) is 13.5. The minimum Gasteiger partial charge on any atom is -0.493 e. The van der Waals surface area contributed by atoms with Gasteiger partial charge in [-0.1, -0.05) is 27.7 Å². The van der Waals surface area contributed by atoms with Crippen LogP contribution in [0.15, 0.2) is 11.8 Å². The lowest BCUT2D eigenvalue weighted by atomic mass is 9.38. The average molecular weight is 380 g/mol. The van der Waals surface area contributed by atoms with Crippen molar-refractivity contribution in [1.29, 1.82) is 0 Å². The highest BCUT2D eigenvalue weighted by atomic mass is 16.6. The van der Waals surface area contributed by atoms with Gasteiger partial charge < -0.3 is 24.8 Å². The van der Waals surface area contributed by atoms with Gasteiger partial charge in [-0.2, -0.15) is 0 Å². The van der Waals surface area contributed by atoms with Crippen LogP contribution in [0.3, 0.4) is 0 Å². The van der Waals surface area contributed by atoms with Crippen molar-refractivity contribution < 1.29 is 29.6 Å². The fraction of sp³-hybridized carbons (Fsp3) is 0.857. The Morgan fingerprint density at radius 1 is 1.11 bits per heavy atom. The Morgan fingerprint density at radius 2 is 1.78 bits per heavy atom. The minimum absolute atomic E-state index is 0.0348. The number of ether oxygens (including phenoxy) is 2. The van der Waals surface area contributed by atoms with E-state index in [4.69, 9.17) is 9.47 Å². The maximum absolute atomic E-state index is 13.5. The van der Waals surface area contributed by atoms with E-state index >= 15 is 0 Å². The highest BCUT2D eigenvalue weighted by Gasteiger charge is 2.72. The molecule has 0 spiro atoms. The fourth-order valence-electron chi connectivity index (χ4n) is 7.37. The van der Waals surface area contributed by atoms with E-state index in [1.54, 1.807) is 0 Å². The van der Waals surface area contributed by atoms with Gasteiger partial charge in [-0.3, -0.25) is 4.79 Å². The molecule has 0 aromatic heterocycles. The number of fused-ring (bicyclic) bond motifs is 2. The molecule has 152 valence electrons. The number of Topliss-reactive ketones (excluding diaryl/α,β-unsaturated/α-hetero) is 1. The molecule has 1 aliphatic heterocycles. The van der Waals surface area contributed by atoms with Crippen molar-refractivity contribution in [3.63, 3.8) is 0 Å². The van der Waals surface area contributed by atoms with Gasteiger partial charge in [0.1, 0.15) is 0 Å². The van der Waals surface area contributed by atoms with Gasteiger partial charge in [0.05, 0.1) is 25.4 Å². The monoisotopic (exact) mass is 380 g/mol. The second-order valence-electron chi connectivity index (χ2n) is 9.65. The molecule has 4 rings (SSSR count). The molecule has 3 fully saturated rings. The number of hydrogen-bond donors (Lipinski definition) is 3. The lowest BCUT2D eigenvalue weighted by Crippen LogP contribution is -2.73. The quantitative estimate of drug-likeness (QED) is 0.638. The number of hydrogen-bond acceptors (Lipinski definition) is 6. The highest BCUT2D eigenvalue weighted by molar-refractivity contribution is 5.99. The van der Waals surface area contributed by atoms with Crippen molar-refractivity contribution in [2.75, 3.05) is 7.11 Å². The molecule has 6 heteroatoms. The highest BCUT2D eigenvalue weighted by Crippen LogP contribution is 2.68. The van der Waals surface area contributed by atoms with Gasteiger partial charge in [-0.05, 0) is 36.2 Å². The molecule has 2 saturated carbocycles. The zero-order chi connectivity index (χ0) is 19.9. The summed E-state index contributed by atoms with van der Waals surface area (Å²) < 4.78 is 11.4. The topological polar surface area (TPSA) is 96.2 Å². The standard InChI is InChI=1S/C21H32O6/c1-9-6-13(26-5)19(25)21(4)11(9)7-14-20(3)12(8-15(22)27-14)10(2)16(23)17(24)18(20)21/h6,9-12,14-18,22-24H,7-8H2,1-5H3/t9-,10-,11+,12+,14-,15+,16+,17-,18+,20-,21+/m1/s1. The third-order valence-corrected chi connectivity index (χ3v) is 8.67. The van der Waals surface area contributed by atoms with Crippen molar-refractivity contribution in [1.82, 2.24) is 0 Å². The van der Waals surface area contributed by atoms with Crippen LogP contribution in [0.1, 0.15) is 40.5 Å². The van der Waals surface area contributed by atoms with E-state index in [-0.39, 0.29) is 35.6 Å². The van der Waals surface area contributed by atoms with Crippen molar-refractivity contribution in [2.24, 2.45) is 40.4 Å². The van der Waals surface area contributed by atoms with Crippen molar-refractivity contribution in [3.05, 3.63) is 11.8 Å². The largest absolute Gasteiger partial charge is 0.493 e. The number of aliphatic hydroxyl groups is 3. The molecular weight excluding hydrogens is 348 g/mol. The van der Waals surface area contributed by atoms with E-state index in [1.807, 2.05) is 19.9 Å². The first-order valence-electron chi connectivity index (χ1n) is 10.1. The molecule has 4 aliphatic rings. The third-order valence-electron chi connectivity index (χ3n) is 8.67. The molecule has 11 atom stereocenters. The molecule has 0 aromatic rings. The van der Waals surface area contributed by atoms with Crippen molar-refractivity contribution in [2.45, 2.75) is 65.1 Å². The molecule has 6 nitrogen and oxygen atoms in total. The summed E-state index contributed by atoms with van der Waals surface area (Å²) in [5, 5.41) is 32.4. The molecule has 1 saturated heterocycles. The van der Waals surface area contributed by atoms with Crippen molar-refractivity contribution in [3.8, 4) is 0 Å². The molecule has 0 bridgehead atoms. The number of ketones is 1. The summed E-state index contributed by atoms with van der Waals surface area (Å²) in [6.07, 6.45) is -0.173. The zero-order valence-corrected chi connectivity index (χ0v) is 16.8. The molecule has 0 aromatic carbocycles. The zero-order valence-electron chi connectivity index (χ0n) is 16.8. The smallest absolute Gasteiger partial charge is 0.203 e. The molecule has 3 aliphatic carbocycles. The second kappa shape index (κ2) is 6.02. The van der Waals surface area contributed by atoms with Gasteiger partial charge in [0, 0.05) is 23.2 Å². The first kappa shape index (κ1) is 19.4. The number of rotatable bonds is 1. The van der Waals surface area contributed by atoms with E-state index in [9.17, 15) is 20.1 Å². The minimum atomic E-state index is -1.03. The van der Waals surface area contributed by atoms with E-state index < -0.39 is 35.2 Å². The SMILES string of the molecule is COC1=C[C@@H](C)[C@@H]2C[C@H]3O[C@H](O)C[C@H]4[C@@H](C)[C@H](O)[C@@H](O)[C@H]([C@@]2(C)C1=O)[C@@]34C. The normalized spacial score (nSPS) is 57.4. The number of methoxy groups -OCH3 is 1. The summed E-state index contributed by atoms with van der Waals surface area (Å²) in [5.41, 5.74) is -1.36. The van der Waals surface area contributed by atoms with Crippen LogP contribution in [-0.2, 0) is 14.3 Å². The third kappa shape index (κ3) is 2.24. The number of carbonyl (C=O) groups is 1.